The SMILES string of the molecule is CN(C[C@H]1COc2ccccc2O1)C(=O)c1ccn(C)c(=O)c1. The fourth-order valence-electron chi connectivity index (χ4n) is 2.44. The second-order valence-corrected chi connectivity index (χ2v) is 5.55. The summed E-state index contributed by atoms with van der Waals surface area (Å²) in [6.45, 7) is 0.758. The highest BCUT2D eigenvalue weighted by Gasteiger charge is 2.24. The van der Waals surface area contributed by atoms with Gasteiger partial charge in [0, 0.05) is 31.9 Å². The molecular weight excluding hydrogens is 296 g/mol. The Morgan fingerprint density at radius 1 is 1.30 bits per heavy atom. The number of carbonyl (C=O) groups is 1. The van der Waals surface area contributed by atoms with Crippen LogP contribution in [0.2, 0.25) is 0 Å². The first kappa shape index (κ1) is 15.1. The molecule has 1 aromatic carbocycles. The number of ether oxygens (including phenoxy) is 2. The van der Waals surface area contributed by atoms with Gasteiger partial charge < -0.3 is 18.9 Å². The third-order valence-corrected chi connectivity index (χ3v) is 3.74. The van der Waals surface area contributed by atoms with Gasteiger partial charge >= 0.3 is 0 Å². The number of aromatic nitrogens is 1. The number of rotatable bonds is 3. The number of para-hydroxylation sites is 2. The number of benzene rings is 1. The van der Waals surface area contributed by atoms with Crippen LogP contribution in [0.3, 0.4) is 0 Å². The fraction of sp³-hybridized carbons (Fsp3) is 0.294. The molecule has 23 heavy (non-hydrogen) atoms. The lowest BCUT2D eigenvalue weighted by Gasteiger charge is -2.29. The molecule has 0 radical (unpaired) electrons. The first-order chi connectivity index (χ1) is 11.0. The van der Waals surface area contributed by atoms with E-state index in [0.29, 0.717) is 30.2 Å². The van der Waals surface area contributed by atoms with Crippen LogP contribution in [0.25, 0.3) is 0 Å². The van der Waals surface area contributed by atoms with Gasteiger partial charge in [-0.1, -0.05) is 12.1 Å². The Balaban J connectivity index is 1.67. The molecule has 6 heteroatoms. The van der Waals surface area contributed by atoms with E-state index in [9.17, 15) is 9.59 Å². The lowest BCUT2D eigenvalue weighted by atomic mass is 10.2. The number of hydrogen-bond donors (Lipinski definition) is 0. The third kappa shape index (κ3) is 3.21. The molecule has 0 saturated carbocycles. The van der Waals surface area contributed by atoms with Crippen molar-refractivity contribution in [3.63, 3.8) is 0 Å². The molecule has 2 aromatic rings. The Morgan fingerprint density at radius 3 is 2.78 bits per heavy atom. The predicted octanol–water partition coefficient (Wildman–Crippen LogP) is 1.30. The van der Waals surface area contributed by atoms with Crippen molar-refractivity contribution in [3.05, 3.63) is 58.5 Å². The predicted molar refractivity (Wildman–Crippen MR) is 85.0 cm³/mol. The quantitative estimate of drug-likeness (QED) is 0.857. The standard InChI is InChI=1S/C17H18N2O4/c1-18-8-7-12(9-16(18)20)17(21)19(2)10-13-11-22-14-5-3-4-6-15(14)23-13/h3-9,13H,10-11H2,1-2H3/t13-/m0/s1. The largest absolute Gasteiger partial charge is 0.486 e. The molecule has 0 fully saturated rings. The molecule has 1 amide bonds. The summed E-state index contributed by atoms with van der Waals surface area (Å²) in [4.78, 5) is 25.6. The average molecular weight is 314 g/mol. The molecular formula is C17H18N2O4. The van der Waals surface area contributed by atoms with Crippen molar-refractivity contribution in [2.75, 3.05) is 20.2 Å². The Labute approximate surface area is 133 Å². The molecule has 120 valence electrons. The van der Waals surface area contributed by atoms with Crippen LogP contribution in [0.15, 0.2) is 47.4 Å². The third-order valence-electron chi connectivity index (χ3n) is 3.74. The highest BCUT2D eigenvalue weighted by atomic mass is 16.6. The summed E-state index contributed by atoms with van der Waals surface area (Å²) >= 11 is 0. The van der Waals surface area contributed by atoms with Crippen LogP contribution in [-0.4, -0.2) is 41.7 Å². The smallest absolute Gasteiger partial charge is 0.253 e. The van der Waals surface area contributed by atoms with Crippen LogP contribution in [0.5, 0.6) is 11.5 Å². The monoisotopic (exact) mass is 314 g/mol. The van der Waals surface area contributed by atoms with Crippen LogP contribution in [0.1, 0.15) is 10.4 Å². The maximum absolute atomic E-state index is 12.4. The molecule has 1 atom stereocenters. The summed E-state index contributed by atoms with van der Waals surface area (Å²) in [7, 11) is 3.33. The minimum atomic E-state index is -0.245. The molecule has 0 aliphatic carbocycles. The first-order valence-corrected chi connectivity index (χ1v) is 7.35. The normalized spacial score (nSPS) is 16.0. The minimum Gasteiger partial charge on any atom is -0.486 e. The molecule has 0 N–H and O–H groups in total. The number of fused-ring (bicyclic) bond motifs is 1. The van der Waals surface area contributed by atoms with E-state index in [4.69, 9.17) is 9.47 Å². The van der Waals surface area contributed by atoms with Gasteiger partial charge in [-0.05, 0) is 18.2 Å². The first-order valence-electron chi connectivity index (χ1n) is 7.35. The van der Waals surface area contributed by atoms with Gasteiger partial charge in [-0.3, -0.25) is 9.59 Å². The van der Waals surface area contributed by atoms with E-state index in [2.05, 4.69) is 0 Å². The second-order valence-electron chi connectivity index (χ2n) is 5.55. The van der Waals surface area contributed by atoms with Crippen molar-refractivity contribution in [1.82, 2.24) is 9.47 Å². The van der Waals surface area contributed by atoms with E-state index < -0.39 is 0 Å². The van der Waals surface area contributed by atoms with Gasteiger partial charge in [0.1, 0.15) is 6.61 Å². The van der Waals surface area contributed by atoms with E-state index in [1.54, 1.807) is 26.4 Å². The molecule has 0 saturated heterocycles. The van der Waals surface area contributed by atoms with Gasteiger partial charge in [-0.25, -0.2) is 0 Å². The maximum atomic E-state index is 12.4. The van der Waals surface area contributed by atoms with Gasteiger partial charge in [0.15, 0.2) is 17.6 Å². The zero-order valence-electron chi connectivity index (χ0n) is 13.1. The van der Waals surface area contributed by atoms with Crippen molar-refractivity contribution < 1.29 is 14.3 Å². The highest BCUT2D eigenvalue weighted by Crippen LogP contribution is 2.30. The van der Waals surface area contributed by atoms with Crippen molar-refractivity contribution in [2.24, 2.45) is 7.05 Å². The summed E-state index contributed by atoms with van der Waals surface area (Å²) < 4.78 is 12.9. The van der Waals surface area contributed by atoms with E-state index >= 15 is 0 Å². The van der Waals surface area contributed by atoms with Crippen LogP contribution in [0, 0.1) is 0 Å². The van der Waals surface area contributed by atoms with Crippen LogP contribution >= 0.6 is 0 Å². The van der Waals surface area contributed by atoms with Crippen molar-refractivity contribution in [2.45, 2.75) is 6.10 Å². The van der Waals surface area contributed by atoms with Gasteiger partial charge in [-0.15, -0.1) is 0 Å². The second kappa shape index (κ2) is 6.16. The van der Waals surface area contributed by atoms with Gasteiger partial charge in [-0.2, -0.15) is 0 Å². The summed E-state index contributed by atoms with van der Waals surface area (Å²) in [5.74, 6) is 1.17. The molecule has 0 spiro atoms. The van der Waals surface area contributed by atoms with Crippen LogP contribution < -0.4 is 15.0 Å². The number of amides is 1. The number of carbonyl (C=O) groups excluding carboxylic acids is 1. The number of hydrogen-bond acceptors (Lipinski definition) is 4. The zero-order valence-corrected chi connectivity index (χ0v) is 13.1. The summed E-state index contributed by atoms with van der Waals surface area (Å²) in [6, 6.07) is 10.4. The number of nitrogens with zero attached hydrogens (tertiary/aromatic N) is 2. The van der Waals surface area contributed by atoms with E-state index in [0.717, 1.165) is 0 Å². The lowest BCUT2D eigenvalue weighted by Crippen LogP contribution is -2.42. The number of aryl methyl sites for hydroxylation is 1. The summed E-state index contributed by atoms with van der Waals surface area (Å²) in [6.07, 6.45) is 1.34. The molecule has 6 nitrogen and oxygen atoms in total. The summed E-state index contributed by atoms with van der Waals surface area (Å²) in [5, 5.41) is 0. The highest BCUT2D eigenvalue weighted by molar-refractivity contribution is 5.93. The molecule has 0 unspecified atom stereocenters. The minimum absolute atomic E-state index is 0.213. The van der Waals surface area contributed by atoms with Gasteiger partial charge in [0.2, 0.25) is 0 Å². The van der Waals surface area contributed by atoms with Crippen molar-refractivity contribution in [1.29, 1.82) is 0 Å². The van der Waals surface area contributed by atoms with E-state index in [-0.39, 0.29) is 17.6 Å². The van der Waals surface area contributed by atoms with E-state index in [1.807, 2.05) is 24.3 Å². The summed E-state index contributed by atoms with van der Waals surface area (Å²) in [5.41, 5.74) is 0.156. The van der Waals surface area contributed by atoms with Crippen LogP contribution in [0.4, 0.5) is 0 Å². The Morgan fingerprint density at radius 2 is 2.04 bits per heavy atom. The van der Waals surface area contributed by atoms with Gasteiger partial charge in [0.05, 0.1) is 6.54 Å². The Hall–Kier alpha value is -2.76. The molecule has 0 bridgehead atoms. The zero-order chi connectivity index (χ0) is 16.4. The molecule has 1 aliphatic rings. The average Bonchev–Trinajstić information content (AvgIpc) is 2.56. The lowest BCUT2D eigenvalue weighted by molar-refractivity contribution is 0.0521. The molecule has 1 aliphatic heterocycles. The molecule has 3 rings (SSSR count). The number of pyridine rings is 1. The topological polar surface area (TPSA) is 60.8 Å². The van der Waals surface area contributed by atoms with Crippen molar-refractivity contribution >= 4 is 5.91 Å². The van der Waals surface area contributed by atoms with Gasteiger partial charge in [0.25, 0.3) is 11.5 Å². The maximum Gasteiger partial charge on any atom is 0.253 e. The Bertz CT molecular complexity index is 784. The number of likely N-dealkylation sites (N-methyl/N-ethyl adjacent to an activating group) is 1. The molecule has 2 heterocycles. The van der Waals surface area contributed by atoms with E-state index in [1.165, 1.54) is 15.5 Å². The van der Waals surface area contributed by atoms with Crippen molar-refractivity contribution in [3.8, 4) is 11.5 Å². The fourth-order valence-corrected chi connectivity index (χ4v) is 2.44. The Kier molecular flexibility index (Phi) is 4.06. The molecule has 1 aromatic heterocycles. The van der Waals surface area contributed by atoms with Crippen LogP contribution in [-0.2, 0) is 7.05 Å².